The average molecular weight is 422 g/mol. The fourth-order valence-electron chi connectivity index (χ4n) is 2.96. The molecule has 9 nitrogen and oxygen atoms in total. The third-order valence-corrected chi connectivity index (χ3v) is 4.73. The number of hydrogen-bond acceptors (Lipinski definition) is 5. The van der Waals surface area contributed by atoms with Gasteiger partial charge in [-0.3, -0.25) is 25.3 Å². The molecule has 1 aromatic rings. The average Bonchev–Trinajstić information content (AvgIpc) is 2.89. The number of ether oxygens (including phenoxy) is 1. The maximum atomic E-state index is 12.7. The van der Waals surface area contributed by atoms with E-state index in [1.54, 1.807) is 14.0 Å². The molecule has 1 saturated heterocycles. The van der Waals surface area contributed by atoms with Gasteiger partial charge in [0.1, 0.15) is 12.1 Å². The predicted molar refractivity (Wildman–Crippen MR) is 112 cm³/mol. The Labute approximate surface area is 175 Å². The number of thiocarbonyl (C=S) groups is 1. The molecule has 0 aromatic heterocycles. The first kappa shape index (κ1) is 22.6. The molecule has 1 aromatic carbocycles. The van der Waals surface area contributed by atoms with Gasteiger partial charge < -0.3 is 15.4 Å². The minimum atomic E-state index is -1.05. The maximum absolute atomic E-state index is 12.7. The van der Waals surface area contributed by atoms with Gasteiger partial charge in [0.05, 0.1) is 6.61 Å². The second-order valence-corrected chi connectivity index (χ2v) is 7.55. The zero-order chi connectivity index (χ0) is 21.4. The number of nitrogens with zero attached hydrogens (tertiary/aromatic N) is 1. The quantitative estimate of drug-likeness (QED) is 0.274. The van der Waals surface area contributed by atoms with Crippen LogP contribution in [-0.2, 0) is 20.7 Å². The van der Waals surface area contributed by atoms with Gasteiger partial charge in [-0.15, -0.1) is 0 Å². The van der Waals surface area contributed by atoms with Gasteiger partial charge in [-0.1, -0.05) is 30.3 Å². The summed E-state index contributed by atoms with van der Waals surface area (Å²) >= 11 is 5.06. The Bertz CT molecular complexity index is 760. The van der Waals surface area contributed by atoms with E-state index in [-0.39, 0.29) is 11.2 Å². The molecule has 2 atom stereocenters. The molecule has 0 saturated carbocycles. The lowest BCUT2D eigenvalue weighted by Gasteiger charge is -2.21. The van der Waals surface area contributed by atoms with Crippen LogP contribution in [0.25, 0.3) is 0 Å². The molecule has 1 fully saturated rings. The van der Waals surface area contributed by atoms with Gasteiger partial charge in [0, 0.05) is 13.2 Å². The largest absolute Gasteiger partial charge is 0.383 e. The summed E-state index contributed by atoms with van der Waals surface area (Å²) in [6.45, 7) is 3.57. The maximum Gasteiger partial charge on any atom is 0.325 e. The van der Waals surface area contributed by atoms with Crippen LogP contribution in [0.5, 0.6) is 0 Å². The van der Waals surface area contributed by atoms with E-state index in [0.29, 0.717) is 19.4 Å². The third-order valence-electron chi connectivity index (χ3n) is 4.51. The second kappa shape index (κ2) is 10.2. The summed E-state index contributed by atoms with van der Waals surface area (Å²) in [6, 6.07) is 9.06. The van der Waals surface area contributed by atoms with Crippen molar-refractivity contribution in [3.8, 4) is 0 Å². The van der Waals surface area contributed by atoms with Gasteiger partial charge in [-0.05, 0) is 44.5 Å². The van der Waals surface area contributed by atoms with E-state index in [1.807, 2.05) is 37.3 Å². The molecule has 0 radical (unpaired) electrons. The van der Waals surface area contributed by atoms with E-state index in [1.165, 1.54) is 0 Å². The molecular formula is C19H27N5O4S. The summed E-state index contributed by atoms with van der Waals surface area (Å²) in [4.78, 5) is 38.0. The van der Waals surface area contributed by atoms with Gasteiger partial charge in [0.2, 0.25) is 0 Å². The third kappa shape index (κ3) is 6.40. The molecule has 0 aliphatic carbocycles. The SMILES string of the molecule is COC[C@@H](C)NC(=S)NNC(=O)CN1C(=O)N[C@@](C)(CCc2ccccc2)C1=O. The lowest BCUT2D eigenvalue weighted by molar-refractivity contribution is -0.134. The van der Waals surface area contributed by atoms with Crippen molar-refractivity contribution in [2.45, 2.75) is 38.3 Å². The summed E-state index contributed by atoms with van der Waals surface area (Å²) in [7, 11) is 1.57. The first-order valence-electron chi connectivity index (χ1n) is 9.27. The fourth-order valence-corrected chi connectivity index (χ4v) is 3.21. The smallest absolute Gasteiger partial charge is 0.325 e. The molecule has 4 amide bonds. The summed E-state index contributed by atoms with van der Waals surface area (Å²) in [5.74, 6) is -0.993. The predicted octanol–water partition coefficient (Wildman–Crippen LogP) is 0.460. The number of carbonyl (C=O) groups excluding carboxylic acids is 3. The van der Waals surface area contributed by atoms with E-state index in [2.05, 4.69) is 21.5 Å². The van der Waals surface area contributed by atoms with Crippen molar-refractivity contribution in [3.63, 3.8) is 0 Å². The Morgan fingerprint density at radius 1 is 1.28 bits per heavy atom. The normalized spacial score (nSPS) is 19.5. The van der Waals surface area contributed by atoms with Crippen molar-refractivity contribution >= 4 is 35.2 Å². The van der Waals surface area contributed by atoms with Crippen LogP contribution >= 0.6 is 12.2 Å². The van der Waals surface area contributed by atoms with Crippen molar-refractivity contribution < 1.29 is 19.1 Å². The monoisotopic (exact) mass is 421 g/mol. The Morgan fingerprint density at radius 3 is 2.62 bits per heavy atom. The molecule has 0 spiro atoms. The molecule has 2 rings (SSSR count). The van der Waals surface area contributed by atoms with Crippen LogP contribution in [0.1, 0.15) is 25.8 Å². The first-order chi connectivity index (χ1) is 13.7. The fraction of sp³-hybridized carbons (Fsp3) is 0.474. The van der Waals surface area contributed by atoms with Crippen molar-refractivity contribution in [2.75, 3.05) is 20.3 Å². The number of nitrogens with one attached hydrogen (secondary N) is 4. The Hall–Kier alpha value is -2.72. The molecule has 158 valence electrons. The van der Waals surface area contributed by atoms with Crippen molar-refractivity contribution in [1.82, 2.24) is 26.4 Å². The summed E-state index contributed by atoms with van der Waals surface area (Å²) in [6.07, 6.45) is 1.06. The van der Waals surface area contributed by atoms with Crippen LogP contribution in [0.4, 0.5) is 4.79 Å². The number of aryl methyl sites for hydroxylation is 1. The van der Waals surface area contributed by atoms with Crippen LogP contribution in [-0.4, -0.2) is 59.7 Å². The molecular weight excluding hydrogens is 394 g/mol. The minimum Gasteiger partial charge on any atom is -0.383 e. The lowest BCUT2D eigenvalue weighted by atomic mass is 9.93. The number of rotatable bonds is 8. The van der Waals surface area contributed by atoms with Crippen molar-refractivity contribution in [2.24, 2.45) is 0 Å². The van der Waals surface area contributed by atoms with Gasteiger partial charge in [-0.25, -0.2) is 4.79 Å². The summed E-state index contributed by atoms with van der Waals surface area (Å²) < 4.78 is 4.98. The van der Waals surface area contributed by atoms with Gasteiger partial charge >= 0.3 is 6.03 Å². The number of benzene rings is 1. The van der Waals surface area contributed by atoms with E-state index in [0.717, 1.165) is 10.5 Å². The van der Waals surface area contributed by atoms with Crippen LogP contribution in [0.15, 0.2) is 30.3 Å². The van der Waals surface area contributed by atoms with Crippen molar-refractivity contribution in [3.05, 3.63) is 35.9 Å². The topological polar surface area (TPSA) is 112 Å². The Balaban J connectivity index is 1.84. The molecule has 4 N–H and O–H groups in total. The number of imide groups is 1. The molecule has 0 unspecified atom stereocenters. The Kier molecular flexibility index (Phi) is 7.91. The second-order valence-electron chi connectivity index (χ2n) is 7.14. The van der Waals surface area contributed by atoms with Gasteiger partial charge in [0.15, 0.2) is 5.11 Å². The van der Waals surface area contributed by atoms with Crippen LogP contribution in [0.2, 0.25) is 0 Å². The summed E-state index contributed by atoms with van der Waals surface area (Å²) in [5.41, 5.74) is 4.93. The Morgan fingerprint density at radius 2 is 1.97 bits per heavy atom. The van der Waals surface area contributed by atoms with E-state index < -0.39 is 29.9 Å². The van der Waals surface area contributed by atoms with E-state index in [9.17, 15) is 14.4 Å². The highest BCUT2D eigenvalue weighted by Crippen LogP contribution is 2.23. The van der Waals surface area contributed by atoms with Gasteiger partial charge in [0.25, 0.3) is 11.8 Å². The number of hydrazine groups is 1. The highest BCUT2D eigenvalue weighted by Gasteiger charge is 2.47. The van der Waals surface area contributed by atoms with E-state index >= 15 is 0 Å². The minimum absolute atomic E-state index is 0.0480. The van der Waals surface area contributed by atoms with Crippen LogP contribution in [0.3, 0.4) is 0 Å². The van der Waals surface area contributed by atoms with Gasteiger partial charge in [-0.2, -0.15) is 0 Å². The first-order valence-corrected chi connectivity index (χ1v) is 9.68. The zero-order valence-electron chi connectivity index (χ0n) is 16.8. The number of carbonyl (C=O) groups is 3. The summed E-state index contributed by atoms with van der Waals surface area (Å²) in [5, 5.41) is 5.81. The number of urea groups is 1. The molecule has 1 heterocycles. The molecule has 10 heteroatoms. The highest BCUT2D eigenvalue weighted by atomic mass is 32.1. The number of amides is 4. The van der Waals surface area contributed by atoms with Crippen molar-refractivity contribution in [1.29, 1.82) is 0 Å². The molecule has 1 aliphatic heterocycles. The van der Waals surface area contributed by atoms with E-state index in [4.69, 9.17) is 17.0 Å². The number of methoxy groups -OCH3 is 1. The van der Waals surface area contributed by atoms with Crippen LogP contribution < -0.4 is 21.5 Å². The van der Waals surface area contributed by atoms with Crippen LogP contribution in [0, 0.1) is 0 Å². The standard InChI is InChI=1S/C19H27N5O4S/c1-13(12-28-3)20-17(29)23-22-15(25)11-24-16(26)19(2,21-18(24)27)10-9-14-7-5-4-6-8-14/h4-8,13H,9-12H2,1-3H3,(H,21,27)(H,22,25)(H2,20,23,29)/t13-,19+/m1/s1. The molecule has 29 heavy (non-hydrogen) atoms. The highest BCUT2D eigenvalue weighted by molar-refractivity contribution is 7.80. The lowest BCUT2D eigenvalue weighted by Crippen LogP contribution is -2.52. The molecule has 0 bridgehead atoms. The molecule has 1 aliphatic rings. The number of hydrogen-bond donors (Lipinski definition) is 4. The zero-order valence-corrected chi connectivity index (χ0v) is 17.6.